The average Bonchev–Trinajstić information content (AvgIpc) is 2.57. The van der Waals surface area contributed by atoms with Gasteiger partial charge in [0.05, 0.1) is 30.9 Å². The number of nitrogens with zero attached hydrogens (tertiary/aromatic N) is 2. The number of Topliss-reactive ketones (excluding diaryl/α,β-unsaturated/α-hetero) is 1. The summed E-state index contributed by atoms with van der Waals surface area (Å²) in [5.41, 5.74) is 6.82. The van der Waals surface area contributed by atoms with Crippen molar-refractivity contribution in [3.63, 3.8) is 0 Å². The SMILES string of the molecule is COc1ccc2ncc(F)c(CC(=O)[C@@H]3CC[C@@H](N)CO3)c2n1.Cl. The average molecular weight is 356 g/mol. The third-order valence-corrected chi connectivity index (χ3v) is 3.97. The summed E-state index contributed by atoms with van der Waals surface area (Å²) in [6, 6.07) is 3.29. The minimum atomic E-state index is -0.556. The summed E-state index contributed by atoms with van der Waals surface area (Å²) >= 11 is 0. The molecule has 1 fully saturated rings. The van der Waals surface area contributed by atoms with Gasteiger partial charge in [0, 0.05) is 24.1 Å². The highest BCUT2D eigenvalue weighted by Gasteiger charge is 2.27. The van der Waals surface area contributed by atoms with Gasteiger partial charge in [-0.25, -0.2) is 9.37 Å². The molecule has 130 valence electrons. The molecule has 0 bridgehead atoms. The summed E-state index contributed by atoms with van der Waals surface area (Å²) in [4.78, 5) is 20.6. The Morgan fingerprint density at radius 2 is 2.25 bits per heavy atom. The van der Waals surface area contributed by atoms with E-state index in [1.807, 2.05) is 0 Å². The van der Waals surface area contributed by atoms with Crippen LogP contribution in [-0.4, -0.2) is 41.6 Å². The molecular weight excluding hydrogens is 337 g/mol. The van der Waals surface area contributed by atoms with Gasteiger partial charge in [-0.1, -0.05) is 0 Å². The highest BCUT2D eigenvalue weighted by Crippen LogP contribution is 2.23. The number of rotatable bonds is 4. The summed E-state index contributed by atoms with van der Waals surface area (Å²) < 4.78 is 24.7. The molecule has 2 atom stereocenters. The third kappa shape index (κ3) is 3.80. The van der Waals surface area contributed by atoms with E-state index in [4.69, 9.17) is 15.2 Å². The lowest BCUT2D eigenvalue weighted by molar-refractivity contribution is -0.133. The van der Waals surface area contributed by atoms with E-state index in [0.29, 0.717) is 29.9 Å². The molecule has 2 N–H and O–H groups in total. The lowest BCUT2D eigenvalue weighted by atomic mass is 9.98. The second-order valence-corrected chi connectivity index (χ2v) is 5.61. The fraction of sp³-hybridized carbons (Fsp3) is 0.438. The van der Waals surface area contributed by atoms with Gasteiger partial charge in [-0.15, -0.1) is 12.4 Å². The van der Waals surface area contributed by atoms with E-state index in [9.17, 15) is 9.18 Å². The zero-order valence-electron chi connectivity index (χ0n) is 13.2. The summed E-state index contributed by atoms with van der Waals surface area (Å²) in [6.07, 6.45) is 1.76. The number of fused-ring (bicyclic) bond motifs is 1. The molecule has 3 rings (SSSR count). The smallest absolute Gasteiger partial charge is 0.213 e. The second-order valence-electron chi connectivity index (χ2n) is 5.61. The number of carbonyl (C=O) groups is 1. The van der Waals surface area contributed by atoms with Crippen LogP contribution in [0.3, 0.4) is 0 Å². The Morgan fingerprint density at radius 1 is 1.46 bits per heavy atom. The summed E-state index contributed by atoms with van der Waals surface area (Å²) in [7, 11) is 1.48. The first-order chi connectivity index (χ1) is 11.1. The summed E-state index contributed by atoms with van der Waals surface area (Å²) in [6.45, 7) is 0.349. The van der Waals surface area contributed by atoms with Crippen LogP contribution in [0.25, 0.3) is 11.0 Å². The molecule has 1 aliphatic rings. The minimum absolute atomic E-state index is 0. The number of halogens is 2. The lowest BCUT2D eigenvalue weighted by Crippen LogP contribution is -2.39. The predicted octanol–water partition coefficient (Wildman–Crippen LogP) is 1.82. The Kier molecular flexibility index (Phi) is 6.04. The maximum Gasteiger partial charge on any atom is 0.213 e. The monoisotopic (exact) mass is 355 g/mol. The number of carbonyl (C=O) groups excluding carboxylic acids is 1. The van der Waals surface area contributed by atoms with Gasteiger partial charge in [-0.2, -0.15) is 0 Å². The van der Waals surface area contributed by atoms with Gasteiger partial charge in [0.15, 0.2) is 5.78 Å². The van der Waals surface area contributed by atoms with Crippen molar-refractivity contribution in [1.29, 1.82) is 0 Å². The van der Waals surface area contributed by atoms with Crippen molar-refractivity contribution in [2.24, 2.45) is 5.73 Å². The summed E-state index contributed by atoms with van der Waals surface area (Å²) in [5, 5.41) is 0. The quantitative estimate of drug-likeness (QED) is 0.900. The van der Waals surface area contributed by atoms with Gasteiger partial charge in [0.25, 0.3) is 0 Å². The molecule has 0 unspecified atom stereocenters. The Hall–Kier alpha value is -1.83. The number of ether oxygens (including phenoxy) is 2. The van der Waals surface area contributed by atoms with Crippen molar-refractivity contribution < 1.29 is 18.7 Å². The number of hydrogen-bond donors (Lipinski definition) is 1. The molecule has 0 saturated carbocycles. The number of hydrogen-bond acceptors (Lipinski definition) is 6. The Labute approximate surface area is 145 Å². The highest BCUT2D eigenvalue weighted by atomic mass is 35.5. The van der Waals surface area contributed by atoms with E-state index < -0.39 is 11.9 Å². The van der Waals surface area contributed by atoms with Crippen LogP contribution in [0.5, 0.6) is 5.88 Å². The van der Waals surface area contributed by atoms with Crippen molar-refractivity contribution in [3.8, 4) is 5.88 Å². The first kappa shape index (κ1) is 18.5. The Morgan fingerprint density at radius 3 is 2.92 bits per heavy atom. The fourth-order valence-electron chi connectivity index (χ4n) is 2.67. The van der Waals surface area contributed by atoms with Crippen LogP contribution in [0.2, 0.25) is 0 Å². The first-order valence-electron chi connectivity index (χ1n) is 7.46. The normalized spacial score (nSPS) is 20.5. The van der Waals surface area contributed by atoms with Crippen molar-refractivity contribution in [2.45, 2.75) is 31.4 Å². The molecule has 0 amide bonds. The molecule has 0 radical (unpaired) electrons. The van der Waals surface area contributed by atoms with Gasteiger partial charge < -0.3 is 15.2 Å². The molecule has 2 aromatic heterocycles. The van der Waals surface area contributed by atoms with Crippen molar-refractivity contribution in [2.75, 3.05) is 13.7 Å². The van der Waals surface area contributed by atoms with Crippen LogP contribution in [0, 0.1) is 5.82 Å². The molecule has 1 aliphatic heterocycles. The molecule has 1 saturated heterocycles. The van der Waals surface area contributed by atoms with E-state index >= 15 is 0 Å². The van der Waals surface area contributed by atoms with Crippen LogP contribution < -0.4 is 10.5 Å². The third-order valence-electron chi connectivity index (χ3n) is 3.97. The van der Waals surface area contributed by atoms with Gasteiger partial charge >= 0.3 is 0 Å². The topological polar surface area (TPSA) is 87.3 Å². The van der Waals surface area contributed by atoms with Crippen molar-refractivity contribution >= 4 is 29.2 Å². The van der Waals surface area contributed by atoms with Crippen LogP contribution in [0.1, 0.15) is 18.4 Å². The van der Waals surface area contributed by atoms with E-state index in [-0.39, 0.29) is 36.2 Å². The van der Waals surface area contributed by atoms with Crippen LogP contribution in [0.15, 0.2) is 18.3 Å². The zero-order valence-corrected chi connectivity index (χ0v) is 14.0. The number of ketones is 1. The number of methoxy groups -OCH3 is 1. The molecule has 0 spiro atoms. The largest absolute Gasteiger partial charge is 0.481 e. The van der Waals surface area contributed by atoms with Crippen molar-refractivity contribution in [1.82, 2.24) is 9.97 Å². The van der Waals surface area contributed by atoms with E-state index in [1.54, 1.807) is 12.1 Å². The second kappa shape index (κ2) is 7.83. The molecule has 8 heteroatoms. The van der Waals surface area contributed by atoms with Crippen LogP contribution in [-0.2, 0) is 16.0 Å². The number of nitrogens with two attached hydrogens (primary N) is 1. The molecular formula is C16H19ClFN3O3. The van der Waals surface area contributed by atoms with Crippen molar-refractivity contribution in [3.05, 3.63) is 29.7 Å². The van der Waals surface area contributed by atoms with Gasteiger partial charge in [-0.3, -0.25) is 9.78 Å². The zero-order chi connectivity index (χ0) is 16.4. The van der Waals surface area contributed by atoms with E-state index in [2.05, 4.69) is 9.97 Å². The molecule has 3 heterocycles. The Bertz CT molecular complexity index is 736. The Balaban J connectivity index is 0.00000208. The van der Waals surface area contributed by atoms with Crippen LogP contribution in [0.4, 0.5) is 4.39 Å². The molecule has 0 aromatic carbocycles. The minimum Gasteiger partial charge on any atom is -0.481 e. The molecule has 24 heavy (non-hydrogen) atoms. The van der Waals surface area contributed by atoms with Gasteiger partial charge in [0.2, 0.25) is 5.88 Å². The van der Waals surface area contributed by atoms with Gasteiger partial charge in [0.1, 0.15) is 11.9 Å². The molecule has 0 aliphatic carbocycles. The standard InChI is InChI=1S/C16H18FN3O3.ClH/c1-22-15-5-3-12-16(20-15)10(11(17)7-19-12)6-13(21)14-4-2-9(18)8-23-14;/h3,5,7,9,14H,2,4,6,8,18H2,1H3;1H/t9-,14+;/m1./s1. The number of aromatic nitrogens is 2. The predicted molar refractivity (Wildman–Crippen MR) is 89.0 cm³/mol. The lowest BCUT2D eigenvalue weighted by Gasteiger charge is -2.25. The van der Waals surface area contributed by atoms with E-state index in [1.165, 1.54) is 7.11 Å². The van der Waals surface area contributed by atoms with Crippen LogP contribution >= 0.6 is 12.4 Å². The number of pyridine rings is 2. The maximum atomic E-state index is 14.2. The van der Waals surface area contributed by atoms with Gasteiger partial charge in [-0.05, 0) is 18.9 Å². The summed E-state index contributed by atoms with van der Waals surface area (Å²) in [5.74, 6) is -0.384. The first-order valence-corrected chi connectivity index (χ1v) is 7.46. The fourth-order valence-corrected chi connectivity index (χ4v) is 2.67. The van der Waals surface area contributed by atoms with E-state index in [0.717, 1.165) is 12.6 Å². The molecule has 2 aromatic rings. The highest BCUT2D eigenvalue weighted by molar-refractivity contribution is 5.89. The molecule has 6 nitrogen and oxygen atoms in total. The maximum absolute atomic E-state index is 14.2.